The number of halogens is 1. The highest BCUT2D eigenvalue weighted by Gasteiger charge is 2.09. The maximum atomic E-state index is 6.48. The summed E-state index contributed by atoms with van der Waals surface area (Å²) in [5.74, 6) is 1.98. The van der Waals surface area contributed by atoms with Gasteiger partial charge in [-0.25, -0.2) is 4.98 Å². The van der Waals surface area contributed by atoms with Gasteiger partial charge in [0.1, 0.15) is 25.2 Å². The van der Waals surface area contributed by atoms with E-state index in [1.54, 1.807) is 18.3 Å². The van der Waals surface area contributed by atoms with Crippen molar-refractivity contribution >= 4 is 53.3 Å². The number of H-pyrrole nitrogens is 1. The van der Waals surface area contributed by atoms with Crippen LogP contribution in [0.2, 0.25) is 5.02 Å². The van der Waals surface area contributed by atoms with Gasteiger partial charge in [-0.3, -0.25) is 5.10 Å². The number of hydrogen-bond donors (Lipinski definition) is 3. The van der Waals surface area contributed by atoms with Gasteiger partial charge in [-0.2, -0.15) is 10.1 Å². The molecular weight excluding hydrogens is 423 g/mol. The summed E-state index contributed by atoms with van der Waals surface area (Å²) >= 11 is 6.48. The number of aromatic nitrogens is 4. The first-order chi connectivity index (χ1) is 15.5. The van der Waals surface area contributed by atoms with Crippen molar-refractivity contribution in [1.82, 2.24) is 20.2 Å². The molecule has 2 heterocycles. The van der Waals surface area contributed by atoms with Crippen LogP contribution < -0.4 is 21.3 Å². The van der Waals surface area contributed by atoms with Crippen molar-refractivity contribution in [2.24, 2.45) is 0 Å². The zero-order valence-electron chi connectivity index (χ0n) is 17.1. The van der Waals surface area contributed by atoms with Gasteiger partial charge in [0.25, 0.3) is 0 Å². The Morgan fingerprint density at radius 2 is 1.91 bits per heavy atom. The number of benzene rings is 3. The van der Waals surface area contributed by atoms with Crippen LogP contribution in [0.5, 0.6) is 11.5 Å². The Hall–Kier alpha value is -4.04. The normalized spacial score (nSPS) is 10.9. The molecule has 32 heavy (non-hydrogen) atoms. The van der Waals surface area contributed by atoms with Gasteiger partial charge in [-0.15, -0.1) is 0 Å². The monoisotopic (exact) mass is 440 g/mol. The first kappa shape index (κ1) is 19.9. The topological polar surface area (TPSA) is 102 Å². The van der Waals surface area contributed by atoms with Crippen molar-refractivity contribution in [1.29, 1.82) is 0 Å². The van der Waals surface area contributed by atoms with Gasteiger partial charge in [0.2, 0.25) is 5.95 Å². The average Bonchev–Trinajstić information content (AvgIpc) is 3.23. The van der Waals surface area contributed by atoms with Crippen molar-refractivity contribution in [2.75, 3.05) is 11.1 Å². The van der Waals surface area contributed by atoms with E-state index in [0.717, 1.165) is 33.3 Å². The van der Waals surface area contributed by atoms with Crippen LogP contribution in [0, 0.1) is 0 Å². The number of hydrogen-bond acceptors (Lipinski definition) is 6. The molecule has 0 saturated heterocycles. The van der Waals surface area contributed by atoms with Crippen molar-refractivity contribution in [3.8, 4) is 22.8 Å². The Kier molecular flexibility index (Phi) is 5.13. The molecule has 5 aromatic rings. The molecule has 7 nitrogen and oxygen atoms in total. The largest absolute Gasteiger partial charge is 0.456 e. The molecule has 5 rings (SSSR count). The van der Waals surface area contributed by atoms with Gasteiger partial charge >= 0.3 is 0 Å². The van der Waals surface area contributed by atoms with Crippen LogP contribution in [-0.4, -0.2) is 28.0 Å². The van der Waals surface area contributed by atoms with Crippen LogP contribution in [0.15, 0.2) is 72.9 Å². The molecule has 0 saturated carbocycles. The number of rotatable bonds is 5. The average molecular weight is 441 g/mol. The number of fused-ring (bicyclic) bond motifs is 1. The minimum Gasteiger partial charge on any atom is -0.456 e. The molecule has 9 heteroatoms. The second kappa shape index (κ2) is 8.24. The molecule has 0 radical (unpaired) electrons. The molecule has 0 unspecified atom stereocenters. The summed E-state index contributed by atoms with van der Waals surface area (Å²) in [6, 6.07) is 21.0. The smallest absolute Gasteiger partial charge is 0.222 e. The van der Waals surface area contributed by atoms with E-state index >= 15 is 0 Å². The van der Waals surface area contributed by atoms with E-state index in [4.69, 9.17) is 22.1 Å². The second-order valence-electron chi connectivity index (χ2n) is 7.36. The lowest BCUT2D eigenvalue weighted by Gasteiger charge is -2.12. The molecule has 4 N–H and O–H groups in total. The maximum absolute atomic E-state index is 6.48. The summed E-state index contributed by atoms with van der Waals surface area (Å²) in [5.41, 5.74) is 10.5. The summed E-state index contributed by atoms with van der Waals surface area (Å²) < 4.78 is 5.95. The standard InChI is InChI=1S/C23H18BClN6O/c24-15-3-1-2-13(8-15)20-11-22(30-23(26)29-20)28-16-4-7-21(18(25)10-16)32-17-5-6-19-14(9-17)12-27-31-19/h1-12H,24H2,(H,27,31)(H3,26,28,29,30). The first-order valence-corrected chi connectivity index (χ1v) is 10.3. The lowest BCUT2D eigenvalue weighted by molar-refractivity contribution is 0.484. The summed E-state index contributed by atoms with van der Waals surface area (Å²) in [5, 5.41) is 11.6. The number of aromatic amines is 1. The van der Waals surface area contributed by atoms with Gasteiger partial charge in [-0.1, -0.05) is 41.3 Å². The van der Waals surface area contributed by atoms with Gasteiger partial charge in [-0.05, 0) is 42.0 Å². The van der Waals surface area contributed by atoms with E-state index in [1.165, 1.54) is 0 Å². The number of ether oxygens (including phenoxy) is 1. The van der Waals surface area contributed by atoms with Gasteiger partial charge < -0.3 is 15.8 Å². The van der Waals surface area contributed by atoms with Gasteiger partial charge in [0, 0.05) is 17.1 Å². The highest BCUT2D eigenvalue weighted by molar-refractivity contribution is 6.32. The van der Waals surface area contributed by atoms with E-state index in [9.17, 15) is 0 Å². The summed E-state index contributed by atoms with van der Waals surface area (Å²) in [7, 11) is 2.03. The number of nitrogens with zero attached hydrogens (tertiary/aromatic N) is 3. The lowest BCUT2D eigenvalue weighted by Crippen LogP contribution is -2.04. The zero-order valence-corrected chi connectivity index (χ0v) is 17.9. The van der Waals surface area contributed by atoms with Crippen LogP contribution in [0.25, 0.3) is 22.2 Å². The minimum absolute atomic E-state index is 0.187. The number of nitrogen functional groups attached to an aromatic ring is 1. The van der Waals surface area contributed by atoms with Crippen molar-refractivity contribution in [3.05, 3.63) is 77.9 Å². The fourth-order valence-electron chi connectivity index (χ4n) is 3.40. The Labute approximate surface area is 190 Å². The van der Waals surface area contributed by atoms with Crippen LogP contribution >= 0.6 is 11.6 Å². The fourth-order valence-corrected chi connectivity index (χ4v) is 3.62. The predicted octanol–water partition coefficient (Wildman–Crippen LogP) is 4.05. The molecule has 0 aliphatic heterocycles. The third kappa shape index (κ3) is 4.21. The van der Waals surface area contributed by atoms with E-state index in [-0.39, 0.29) is 5.95 Å². The van der Waals surface area contributed by atoms with Crippen molar-refractivity contribution in [2.45, 2.75) is 0 Å². The fraction of sp³-hybridized carbons (Fsp3) is 0. The van der Waals surface area contributed by atoms with E-state index < -0.39 is 0 Å². The van der Waals surface area contributed by atoms with E-state index in [0.29, 0.717) is 22.3 Å². The molecule has 0 aliphatic rings. The van der Waals surface area contributed by atoms with E-state index in [1.807, 2.05) is 56.4 Å². The lowest BCUT2D eigenvalue weighted by atomic mass is 9.94. The molecule has 2 aromatic heterocycles. The van der Waals surface area contributed by atoms with Crippen molar-refractivity contribution in [3.63, 3.8) is 0 Å². The van der Waals surface area contributed by atoms with E-state index in [2.05, 4.69) is 31.5 Å². The molecule has 0 spiro atoms. The number of nitrogens with one attached hydrogen (secondary N) is 2. The Bertz CT molecular complexity index is 1440. The summed E-state index contributed by atoms with van der Waals surface area (Å²) in [6.07, 6.45) is 1.75. The Morgan fingerprint density at radius 3 is 2.75 bits per heavy atom. The third-order valence-electron chi connectivity index (χ3n) is 4.90. The van der Waals surface area contributed by atoms with Crippen LogP contribution in [0.3, 0.4) is 0 Å². The summed E-state index contributed by atoms with van der Waals surface area (Å²) in [6.45, 7) is 0. The SMILES string of the molecule is Bc1cccc(-c2cc(Nc3ccc(Oc4ccc5[nH]ncc5c4)c(Cl)c3)nc(N)n2)c1. The highest BCUT2D eigenvalue weighted by atomic mass is 35.5. The maximum Gasteiger partial charge on any atom is 0.222 e. The van der Waals surface area contributed by atoms with Crippen molar-refractivity contribution < 1.29 is 4.74 Å². The van der Waals surface area contributed by atoms with Crippen LogP contribution in [0.4, 0.5) is 17.5 Å². The Balaban J connectivity index is 1.37. The molecule has 0 fully saturated rings. The molecule has 0 bridgehead atoms. The zero-order chi connectivity index (χ0) is 22.1. The van der Waals surface area contributed by atoms with Crippen LogP contribution in [-0.2, 0) is 0 Å². The molecule has 156 valence electrons. The molecule has 0 aliphatic carbocycles. The quantitative estimate of drug-likeness (QED) is 0.356. The molecule has 0 amide bonds. The molecular formula is C23H18BClN6O. The van der Waals surface area contributed by atoms with Gasteiger partial charge in [0.05, 0.1) is 22.4 Å². The predicted molar refractivity (Wildman–Crippen MR) is 131 cm³/mol. The van der Waals surface area contributed by atoms with Gasteiger partial charge in [0.15, 0.2) is 0 Å². The summed E-state index contributed by atoms with van der Waals surface area (Å²) in [4.78, 5) is 8.65. The first-order valence-electron chi connectivity index (χ1n) is 9.93. The minimum atomic E-state index is 0.187. The van der Waals surface area contributed by atoms with Crippen LogP contribution in [0.1, 0.15) is 0 Å². The molecule has 0 atom stereocenters. The second-order valence-corrected chi connectivity index (χ2v) is 7.76. The Morgan fingerprint density at radius 1 is 1.00 bits per heavy atom. The highest BCUT2D eigenvalue weighted by Crippen LogP contribution is 2.33. The third-order valence-corrected chi connectivity index (χ3v) is 5.20. The number of anilines is 3. The molecule has 3 aromatic carbocycles. The number of nitrogens with two attached hydrogens (primary N) is 1.